The van der Waals surface area contributed by atoms with Gasteiger partial charge in [0.25, 0.3) is 5.91 Å². The van der Waals surface area contributed by atoms with Crippen LogP contribution in [0.25, 0.3) is 0 Å². The highest BCUT2D eigenvalue weighted by atomic mass is 16.5. The monoisotopic (exact) mass is 304 g/mol. The molecule has 2 fully saturated rings. The zero-order valence-electron chi connectivity index (χ0n) is 13.2. The molecular formula is C17H24N2O3. The van der Waals surface area contributed by atoms with Crippen LogP contribution in [0.15, 0.2) is 24.3 Å². The van der Waals surface area contributed by atoms with Crippen LogP contribution < -0.4 is 0 Å². The van der Waals surface area contributed by atoms with Crippen LogP contribution in [0.3, 0.4) is 0 Å². The van der Waals surface area contributed by atoms with E-state index in [0.29, 0.717) is 39.5 Å². The van der Waals surface area contributed by atoms with Gasteiger partial charge in [-0.1, -0.05) is 24.3 Å². The van der Waals surface area contributed by atoms with Gasteiger partial charge in [-0.3, -0.25) is 9.69 Å². The number of nitrogens with zero attached hydrogens (tertiary/aromatic N) is 2. The molecule has 5 nitrogen and oxygen atoms in total. The summed E-state index contributed by atoms with van der Waals surface area (Å²) in [6.07, 6.45) is -0.337. The Kier molecular flexibility index (Phi) is 5.08. The van der Waals surface area contributed by atoms with Gasteiger partial charge < -0.3 is 14.4 Å². The second kappa shape index (κ2) is 7.22. The molecule has 0 aliphatic carbocycles. The van der Waals surface area contributed by atoms with Crippen LogP contribution in [0, 0.1) is 6.92 Å². The summed E-state index contributed by atoms with van der Waals surface area (Å²) in [6, 6.07) is 8.41. The first-order chi connectivity index (χ1) is 10.7. The molecule has 120 valence electrons. The number of benzene rings is 1. The van der Waals surface area contributed by atoms with Crippen LogP contribution in [-0.4, -0.2) is 67.8 Å². The summed E-state index contributed by atoms with van der Waals surface area (Å²) in [4.78, 5) is 16.7. The molecule has 3 rings (SSSR count). The number of rotatable bonds is 3. The standard InChI is InChI=1S/C17H24N2O3/c1-14-4-2-3-5-15(14)12-18-6-11-22-16(13-18)17(20)19-7-9-21-10-8-19/h2-5,16H,6-13H2,1H3. The Bertz CT molecular complexity index is 514. The Labute approximate surface area is 131 Å². The third-order valence-electron chi connectivity index (χ3n) is 4.40. The number of hydrogen-bond acceptors (Lipinski definition) is 4. The predicted octanol–water partition coefficient (Wildman–Crippen LogP) is 1.05. The van der Waals surface area contributed by atoms with Gasteiger partial charge in [-0.15, -0.1) is 0 Å². The van der Waals surface area contributed by atoms with E-state index >= 15 is 0 Å². The largest absolute Gasteiger partial charge is 0.378 e. The summed E-state index contributed by atoms with van der Waals surface area (Å²) >= 11 is 0. The first kappa shape index (κ1) is 15.5. The van der Waals surface area contributed by atoms with Gasteiger partial charge in [0.15, 0.2) is 0 Å². The maximum absolute atomic E-state index is 12.5. The summed E-state index contributed by atoms with van der Waals surface area (Å²) in [5.41, 5.74) is 2.62. The average molecular weight is 304 g/mol. The zero-order chi connectivity index (χ0) is 15.4. The van der Waals surface area contributed by atoms with Crippen molar-refractivity contribution in [2.24, 2.45) is 0 Å². The third-order valence-corrected chi connectivity index (χ3v) is 4.40. The maximum Gasteiger partial charge on any atom is 0.253 e. The van der Waals surface area contributed by atoms with Crippen molar-refractivity contribution in [3.8, 4) is 0 Å². The maximum atomic E-state index is 12.5. The van der Waals surface area contributed by atoms with Gasteiger partial charge in [-0.25, -0.2) is 0 Å². The third kappa shape index (κ3) is 3.66. The average Bonchev–Trinajstić information content (AvgIpc) is 2.57. The molecule has 1 aromatic carbocycles. The van der Waals surface area contributed by atoms with Crippen molar-refractivity contribution in [3.63, 3.8) is 0 Å². The molecule has 0 saturated carbocycles. The highest BCUT2D eigenvalue weighted by Gasteiger charge is 2.31. The number of hydrogen-bond donors (Lipinski definition) is 0. The second-order valence-electron chi connectivity index (χ2n) is 5.96. The van der Waals surface area contributed by atoms with Crippen molar-refractivity contribution in [3.05, 3.63) is 35.4 Å². The molecule has 2 aliphatic heterocycles. The summed E-state index contributed by atoms with van der Waals surface area (Å²) in [6.45, 7) is 7.79. The fourth-order valence-electron chi connectivity index (χ4n) is 3.01. The van der Waals surface area contributed by atoms with E-state index in [-0.39, 0.29) is 12.0 Å². The minimum absolute atomic E-state index is 0.109. The molecule has 5 heteroatoms. The molecule has 2 heterocycles. The van der Waals surface area contributed by atoms with Crippen molar-refractivity contribution in [2.75, 3.05) is 46.0 Å². The SMILES string of the molecule is Cc1ccccc1CN1CCOC(C(=O)N2CCOCC2)C1. The van der Waals surface area contributed by atoms with Crippen LogP contribution in [0.2, 0.25) is 0 Å². The molecule has 22 heavy (non-hydrogen) atoms. The molecule has 0 bridgehead atoms. The van der Waals surface area contributed by atoms with Gasteiger partial charge in [0, 0.05) is 32.7 Å². The lowest BCUT2D eigenvalue weighted by Crippen LogP contribution is -2.53. The highest BCUT2D eigenvalue weighted by Crippen LogP contribution is 2.15. The highest BCUT2D eigenvalue weighted by molar-refractivity contribution is 5.81. The van der Waals surface area contributed by atoms with E-state index in [9.17, 15) is 4.79 Å². The number of carbonyl (C=O) groups excluding carboxylic acids is 1. The number of amides is 1. The quantitative estimate of drug-likeness (QED) is 0.837. The normalized spacial score (nSPS) is 23.5. The van der Waals surface area contributed by atoms with Crippen LogP contribution in [0.5, 0.6) is 0 Å². The molecule has 0 aromatic heterocycles. The fourth-order valence-corrected chi connectivity index (χ4v) is 3.01. The van der Waals surface area contributed by atoms with Gasteiger partial charge in [0.05, 0.1) is 19.8 Å². The smallest absolute Gasteiger partial charge is 0.253 e. The Balaban J connectivity index is 1.59. The molecule has 1 atom stereocenters. The minimum atomic E-state index is -0.337. The molecule has 2 aliphatic rings. The van der Waals surface area contributed by atoms with Crippen molar-refractivity contribution in [1.82, 2.24) is 9.80 Å². The predicted molar refractivity (Wildman–Crippen MR) is 83.6 cm³/mol. The first-order valence-corrected chi connectivity index (χ1v) is 7.99. The van der Waals surface area contributed by atoms with E-state index in [4.69, 9.17) is 9.47 Å². The topological polar surface area (TPSA) is 42.0 Å². The summed E-state index contributed by atoms with van der Waals surface area (Å²) in [5.74, 6) is 0.109. The lowest BCUT2D eigenvalue weighted by molar-refractivity contribution is -0.153. The molecule has 0 N–H and O–H groups in total. The Morgan fingerprint density at radius 2 is 1.95 bits per heavy atom. The molecule has 1 unspecified atom stereocenters. The van der Waals surface area contributed by atoms with E-state index < -0.39 is 0 Å². The lowest BCUT2D eigenvalue weighted by atomic mass is 10.1. The molecule has 1 aromatic rings. The number of morpholine rings is 2. The number of ether oxygens (including phenoxy) is 2. The van der Waals surface area contributed by atoms with Gasteiger partial charge in [-0.2, -0.15) is 0 Å². The first-order valence-electron chi connectivity index (χ1n) is 7.99. The van der Waals surface area contributed by atoms with Crippen molar-refractivity contribution in [2.45, 2.75) is 19.6 Å². The van der Waals surface area contributed by atoms with Crippen LogP contribution >= 0.6 is 0 Å². The second-order valence-corrected chi connectivity index (χ2v) is 5.96. The van der Waals surface area contributed by atoms with Gasteiger partial charge >= 0.3 is 0 Å². The van der Waals surface area contributed by atoms with Gasteiger partial charge in [0.2, 0.25) is 0 Å². The molecule has 0 radical (unpaired) electrons. The summed E-state index contributed by atoms with van der Waals surface area (Å²) in [7, 11) is 0. The van der Waals surface area contributed by atoms with Crippen molar-refractivity contribution < 1.29 is 14.3 Å². The van der Waals surface area contributed by atoms with Gasteiger partial charge in [-0.05, 0) is 18.1 Å². The van der Waals surface area contributed by atoms with Crippen LogP contribution in [-0.2, 0) is 20.8 Å². The molecule has 0 spiro atoms. The molecular weight excluding hydrogens is 280 g/mol. The molecule has 1 amide bonds. The van der Waals surface area contributed by atoms with E-state index in [1.54, 1.807) is 0 Å². The lowest BCUT2D eigenvalue weighted by Gasteiger charge is -2.36. The van der Waals surface area contributed by atoms with E-state index in [0.717, 1.165) is 13.1 Å². The van der Waals surface area contributed by atoms with E-state index in [2.05, 4.69) is 36.1 Å². The van der Waals surface area contributed by atoms with E-state index in [1.165, 1.54) is 11.1 Å². The Hall–Kier alpha value is -1.43. The number of aryl methyl sites for hydroxylation is 1. The fraction of sp³-hybridized carbons (Fsp3) is 0.588. The van der Waals surface area contributed by atoms with E-state index in [1.807, 2.05) is 4.90 Å². The van der Waals surface area contributed by atoms with Crippen molar-refractivity contribution in [1.29, 1.82) is 0 Å². The Morgan fingerprint density at radius 3 is 2.73 bits per heavy atom. The van der Waals surface area contributed by atoms with Crippen LogP contribution in [0.1, 0.15) is 11.1 Å². The van der Waals surface area contributed by atoms with Crippen LogP contribution in [0.4, 0.5) is 0 Å². The van der Waals surface area contributed by atoms with Gasteiger partial charge in [0.1, 0.15) is 6.10 Å². The zero-order valence-corrected chi connectivity index (χ0v) is 13.2. The van der Waals surface area contributed by atoms with Crippen molar-refractivity contribution >= 4 is 5.91 Å². The summed E-state index contributed by atoms with van der Waals surface area (Å²) in [5, 5.41) is 0. The Morgan fingerprint density at radius 1 is 1.18 bits per heavy atom. The summed E-state index contributed by atoms with van der Waals surface area (Å²) < 4.78 is 11.0. The number of carbonyl (C=O) groups is 1. The molecule has 2 saturated heterocycles. The minimum Gasteiger partial charge on any atom is -0.378 e.